The summed E-state index contributed by atoms with van der Waals surface area (Å²) in [4.78, 5) is 16.9. The Bertz CT molecular complexity index is 1040. The van der Waals surface area contributed by atoms with E-state index in [0.717, 1.165) is 21.3 Å². The molecule has 0 saturated carbocycles. The van der Waals surface area contributed by atoms with Crippen molar-refractivity contribution in [1.82, 2.24) is 4.98 Å². The Kier molecular flexibility index (Phi) is 5.38. The molecule has 5 nitrogen and oxygen atoms in total. The van der Waals surface area contributed by atoms with Gasteiger partial charge in [0.25, 0.3) is 0 Å². The van der Waals surface area contributed by atoms with Gasteiger partial charge in [-0.2, -0.15) is 0 Å². The average molecular weight is 389 g/mol. The zero-order valence-corrected chi connectivity index (χ0v) is 16.3. The number of aromatic nitrogens is 1. The van der Waals surface area contributed by atoms with Gasteiger partial charge in [-0.05, 0) is 49.6 Å². The largest absolute Gasteiger partial charge is 0.302 e. The van der Waals surface area contributed by atoms with Gasteiger partial charge in [-0.3, -0.25) is 4.79 Å². The summed E-state index contributed by atoms with van der Waals surface area (Å²) >= 11 is 1.42. The molecule has 0 radical (unpaired) electrons. The number of carbonyl (C=O) groups is 1. The van der Waals surface area contributed by atoms with E-state index in [1.165, 1.54) is 11.3 Å². The van der Waals surface area contributed by atoms with Crippen LogP contribution in [0, 0.1) is 13.8 Å². The van der Waals surface area contributed by atoms with Crippen LogP contribution in [0.25, 0.3) is 10.2 Å². The number of hydrogen-bond donors (Lipinski definition) is 1. The molecule has 3 aromatic rings. The lowest BCUT2D eigenvalue weighted by molar-refractivity contribution is -0.116. The van der Waals surface area contributed by atoms with E-state index in [1.807, 2.05) is 26.0 Å². The number of benzene rings is 2. The Morgan fingerprint density at radius 3 is 2.58 bits per heavy atom. The lowest BCUT2D eigenvalue weighted by Crippen LogP contribution is -2.14. The van der Waals surface area contributed by atoms with E-state index in [1.54, 1.807) is 30.3 Å². The standard InChI is InChI=1S/C19H20N2O3S2/c1-13-10-11-16-18(14(13)2)21-19(25-16)20-17(22)9-6-12-26(23,24)15-7-4-3-5-8-15/h3-5,7-8,10-11H,6,9,12H2,1-2H3,(H,20,21,22). The number of sulfone groups is 1. The van der Waals surface area contributed by atoms with Gasteiger partial charge in [0.05, 0.1) is 20.9 Å². The van der Waals surface area contributed by atoms with Gasteiger partial charge >= 0.3 is 0 Å². The number of amides is 1. The molecule has 0 saturated heterocycles. The molecule has 3 rings (SSSR count). The monoisotopic (exact) mass is 388 g/mol. The maximum absolute atomic E-state index is 12.2. The summed E-state index contributed by atoms with van der Waals surface area (Å²) in [7, 11) is -3.35. The molecule has 1 amide bonds. The molecule has 0 fully saturated rings. The van der Waals surface area contributed by atoms with Crippen LogP contribution in [0.2, 0.25) is 0 Å². The lowest BCUT2D eigenvalue weighted by Gasteiger charge is -2.04. The molecule has 0 aliphatic carbocycles. The van der Waals surface area contributed by atoms with Gasteiger partial charge in [-0.15, -0.1) is 0 Å². The molecule has 0 unspecified atom stereocenters. The first-order chi connectivity index (χ1) is 12.4. The van der Waals surface area contributed by atoms with Gasteiger partial charge < -0.3 is 5.32 Å². The number of anilines is 1. The first-order valence-corrected chi connectivity index (χ1v) is 10.8. The minimum Gasteiger partial charge on any atom is -0.302 e. The van der Waals surface area contributed by atoms with Crippen molar-refractivity contribution in [2.24, 2.45) is 0 Å². The smallest absolute Gasteiger partial charge is 0.226 e. The van der Waals surface area contributed by atoms with Gasteiger partial charge in [0.15, 0.2) is 15.0 Å². The molecular weight excluding hydrogens is 368 g/mol. The summed E-state index contributed by atoms with van der Waals surface area (Å²) in [6.45, 7) is 4.04. The van der Waals surface area contributed by atoms with Crippen molar-refractivity contribution < 1.29 is 13.2 Å². The number of aryl methyl sites for hydroxylation is 2. The van der Waals surface area contributed by atoms with E-state index < -0.39 is 9.84 Å². The Hall–Kier alpha value is -2.25. The number of nitrogens with one attached hydrogen (secondary N) is 1. The molecule has 26 heavy (non-hydrogen) atoms. The molecule has 0 aliphatic heterocycles. The van der Waals surface area contributed by atoms with Crippen LogP contribution in [0.15, 0.2) is 47.4 Å². The van der Waals surface area contributed by atoms with Crippen molar-refractivity contribution in [2.45, 2.75) is 31.6 Å². The molecule has 7 heteroatoms. The zero-order valence-electron chi connectivity index (χ0n) is 14.7. The van der Waals surface area contributed by atoms with Gasteiger partial charge in [-0.1, -0.05) is 35.6 Å². The minimum atomic E-state index is -3.35. The third kappa shape index (κ3) is 4.11. The Morgan fingerprint density at radius 1 is 1.12 bits per heavy atom. The van der Waals surface area contributed by atoms with Crippen molar-refractivity contribution in [3.63, 3.8) is 0 Å². The molecule has 0 bridgehead atoms. The SMILES string of the molecule is Cc1ccc2sc(NC(=O)CCCS(=O)(=O)c3ccccc3)nc2c1C. The fourth-order valence-electron chi connectivity index (χ4n) is 2.63. The number of hydrogen-bond acceptors (Lipinski definition) is 5. The molecule has 1 heterocycles. The zero-order chi connectivity index (χ0) is 18.7. The summed E-state index contributed by atoms with van der Waals surface area (Å²) < 4.78 is 25.5. The van der Waals surface area contributed by atoms with Crippen LogP contribution in [-0.2, 0) is 14.6 Å². The van der Waals surface area contributed by atoms with Crippen molar-refractivity contribution in [3.05, 3.63) is 53.6 Å². The number of thiazole rings is 1. The van der Waals surface area contributed by atoms with E-state index in [2.05, 4.69) is 10.3 Å². The number of nitrogens with zero attached hydrogens (tertiary/aromatic N) is 1. The van der Waals surface area contributed by atoms with Gasteiger partial charge in [-0.25, -0.2) is 13.4 Å². The average Bonchev–Trinajstić information content (AvgIpc) is 3.02. The molecule has 136 valence electrons. The van der Waals surface area contributed by atoms with Crippen LogP contribution in [0.1, 0.15) is 24.0 Å². The van der Waals surface area contributed by atoms with Crippen molar-refractivity contribution in [3.8, 4) is 0 Å². The van der Waals surface area contributed by atoms with Gasteiger partial charge in [0.2, 0.25) is 5.91 Å². The molecule has 1 aromatic heterocycles. The summed E-state index contributed by atoms with van der Waals surface area (Å²) in [5.74, 6) is -0.274. The second-order valence-corrected chi connectivity index (χ2v) is 9.30. The number of carbonyl (C=O) groups excluding carboxylic acids is 1. The van der Waals surface area contributed by atoms with Crippen LogP contribution < -0.4 is 5.32 Å². The van der Waals surface area contributed by atoms with E-state index in [0.29, 0.717) is 5.13 Å². The quantitative estimate of drug-likeness (QED) is 0.689. The summed E-state index contributed by atoms with van der Waals surface area (Å²) in [5.41, 5.74) is 3.16. The highest BCUT2D eigenvalue weighted by Crippen LogP contribution is 2.29. The second kappa shape index (κ2) is 7.55. The van der Waals surface area contributed by atoms with Gasteiger partial charge in [0.1, 0.15) is 0 Å². The fraction of sp³-hybridized carbons (Fsp3) is 0.263. The summed E-state index contributed by atoms with van der Waals surface area (Å²) in [6, 6.07) is 12.3. The Labute approximate surface area is 157 Å². The van der Waals surface area contributed by atoms with Crippen LogP contribution in [-0.4, -0.2) is 25.1 Å². The van der Waals surface area contributed by atoms with Crippen LogP contribution in [0.3, 0.4) is 0 Å². The molecule has 0 spiro atoms. The van der Waals surface area contributed by atoms with E-state index in [9.17, 15) is 13.2 Å². The highest BCUT2D eigenvalue weighted by atomic mass is 32.2. The predicted octanol–water partition coefficient (Wildman–Crippen LogP) is 4.11. The highest BCUT2D eigenvalue weighted by molar-refractivity contribution is 7.91. The topological polar surface area (TPSA) is 76.1 Å². The first-order valence-electron chi connectivity index (χ1n) is 8.31. The lowest BCUT2D eigenvalue weighted by atomic mass is 10.1. The van der Waals surface area contributed by atoms with Gasteiger partial charge in [0, 0.05) is 6.42 Å². The van der Waals surface area contributed by atoms with Crippen LogP contribution in [0.5, 0.6) is 0 Å². The summed E-state index contributed by atoms with van der Waals surface area (Å²) in [6.07, 6.45) is 0.409. The van der Waals surface area contributed by atoms with Crippen molar-refractivity contribution >= 4 is 42.4 Å². The normalized spacial score (nSPS) is 11.6. The van der Waals surface area contributed by atoms with E-state index in [4.69, 9.17) is 0 Å². The predicted molar refractivity (Wildman–Crippen MR) is 105 cm³/mol. The molecule has 0 aliphatic rings. The maximum Gasteiger partial charge on any atom is 0.226 e. The highest BCUT2D eigenvalue weighted by Gasteiger charge is 2.15. The van der Waals surface area contributed by atoms with Crippen molar-refractivity contribution in [1.29, 1.82) is 0 Å². The van der Waals surface area contributed by atoms with Crippen LogP contribution in [0.4, 0.5) is 5.13 Å². The first kappa shape index (κ1) is 18.5. The van der Waals surface area contributed by atoms with E-state index in [-0.39, 0.29) is 29.4 Å². The molecular formula is C19H20N2O3S2. The third-order valence-electron chi connectivity index (χ3n) is 4.25. The molecule has 0 atom stereocenters. The minimum absolute atomic E-state index is 0.0530. The number of rotatable bonds is 6. The summed E-state index contributed by atoms with van der Waals surface area (Å²) in [5, 5.41) is 3.32. The molecule has 2 aromatic carbocycles. The third-order valence-corrected chi connectivity index (χ3v) is 7.00. The fourth-order valence-corrected chi connectivity index (χ4v) is 4.90. The van der Waals surface area contributed by atoms with E-state index >= 15 is 0 Å². The Balaban J connectivity index is 1.59. The van der Waals surface area contributed by atoms with Crippen LogP contribution >= 0.6 is 11.3 Å². The van der Waals surface area contributed by atoms with Crippen molar-refractivity contribution in [2.75, 3.05) is 11.1 Å². The maximum atomic E-state index is 12.2. The molecule has 1 N–H and O–H groups in total. The number of fused-ring (bicyclic) bond motifs is 1. The Morgan fingerprint density at radius 2 is 1.85 bits per heavy atom. The second-order valence-electron chi connectivity index (χ2n) is 6.16.